The van der Waals surface area contributed by atoms with Crippen LogP contribution in [0.3, 0.4) is 0 Å². The molecule has 0 aliphatic carbocycles. The van der Waals surface area contributed by atoms with Crippen molar-refractivity contribution in [1.29, 1.82) is 0 Å². The lowest BCUT2D eigenvalue weighted by molar-refractivity contribution is 0.586. The monoisotopic (exact) mass is 159 g/mol. The van der Waals surface area contributed by atoms with E-state index in [1.807, 2.05) is 0 Å². The SMILES string of the molecule is C=CC[P](=O)CCCCC. The van der Waals surface area contributed by atoms with Gasteiger partial charge >= 0.3 is 0 Å². The van der Waals surface area contributed by atoms with E-state index in [2.05, 4.69) is 13.5 Å². The van der Waals surface area contributed by atoms with E-state index < -0.39 is 7.80 Å². The van der Waals surface area contributed by atoms with E-state index in [0.717, 1.165) is 12.6 Å². The molecule has 2 heteroatoms. The fraction of sp³-hybridized carbons (Fsp3) is 0.750. The summed E-state index contributed by atoms with van der Waals surface area (Å²) in [6, 6.07) is 0. The molecule has 0 aromatic heterocycles. The minimum absolute atomic E-state index is 0.693. The van der Waals surface area contributed by atoms with Crippen molar-refractivity contribution >= 4 is 7.80 Å². The largest absolute Gasteiger partial charge is 0.287 e. The van der Waals surface area contributed by atoms with Crippen molar-refractivity contribution < 1.29 is 4.57 Å². The maximum Gasteiger partial charge on any atom is 0.0757 e. The van der Waals surface area contributed by atoms with Gasteiger partial charge in [0.1, 0.15) is 0 Å². The highest BCUT2D eigenvalue weighted by molar-refractivity contribution is 7.44. The Balaban J connectivity index is 3.13. The summed E-state index contributed by atoms with van der Waals surface area (Å²) in [5.74, 6) is 0. The van der Waals surface area contributed by atoms with Gasteiger partial charge in [0.25, 0.3) is 0 Å². The van der Waals surface area contributed by atoms with Crippen LogP contribution in [0, 0.1) is 0 Å². The van der Waals surface area contributed by atoms with Gasteiger partial charge in [-0.05, 0) is 6.42 Å². The van der Waals surface area contributed by atoms with Crippen LogP contribution in [-0.4, -0.2) is 12.3 Å². The van der Waals surface area contributed by atoms with E-state index >= 15 is 0 Å². The van der Waals surface area contributed by atoms with Crippen molar-refractivity contribution in [1.82, 2.24) is 0 Å². The van der Waals surface area contributed by atoms with E-state index in [9.17, 15) is 4.57 Å². The summed E-state index contributed by atoms with van der Waals surface area (Å²) in [5, 5.41) is 0. The zero-order valence-corrected chi connectivity index (χ0v) is 7.57. The molecule has 0 saturated heterocycles. The normalized spacial score (nSPS) is 11.1. The molecule has 1 nitrogen and oxygen atoms in total. The third-order valence-corrected chi connectivity index (χ3v) is 2.82. The second-order valence-corrected chi connectivity index (χ2v) is 4.16. The predicted octanol–water partition coefficient (Wildman–Crippen LogP) is 3.19. The summed E-state index contributed by atoms with van der Waals surface area (Å²) < 4.78 is 11.0. The Kier molecular flexibility index (Phi) is 6.84. The second kappa shape index (κ2) is 6.95. The molecule has 0 aliphatic heterocycles. The van der Waals surface area contributed by atoms with Crippen LogP contribution in [0.25, 0.3) is 0 Å². The number of allylic oxidation sites excluding steroid dienone is 1. The molecule has 10 heavy (non-hydrogen) atoms. The van der Waals surface area contributed by atoms with Gasteiger partial charge in [-0.15, -0.1) is 6.58 Å². The van der Waals surface area contributed by atoms with Gasteiger partial charge in [0, 0.05) is 12.3 Å². The quantitative estimate of drug-likeness (QED) is 0.330. The van der Waals surface area contributed by atoms with Crippen LogP contribution >= 0.6 is 7.80 Å². The predicted molar refractivity (Wildman–Crippen MR) is 47.1 cm³/mol. The molecule has 1 radical (unpaired) electrons. The fourth-order valence-electron chi connectivity index (χ4n) is 0.773. The minimum Gasteiger partial charge on any atom is -0.287 e. The molecule has 0 heterocycles. The smallest absolute Gasteiger partial charge is 0.0757 e. The van der Waals surface area contributed by atoms with Crippen LogP contribution in [0.2, 0.25) is 0 Å². The van der Waals surface area contributed by atoms with Gasteiger partial charge in [-0.3, -0.25) is 4.57 Å². The molecule has 0 spiro atoms. The lowest BCUT2D eigenvalue weighted by Gasteiger charge is -1.95. The van der Waals surface area contributed by atoms with Gasteiger partial charge < -0.3 is 0 Å². The zero-order chi connectivity index (χ0) is 7.82. The third kappa shape index (κ3) is 5.97. The Bertz CT molecular complexity index is 110. The Morgan fingerprint density at radius 2 is 2.20 bits per heavy atom. The van der Waals surface area contributed by atoms with Crippen LogP contribution in [0.1, 0.15) is 26.2 Å². The van der Waals surface area contributed by atoms with Crippen molar-refractivity contribution in [2.24, 2.45) is 0 Å². The first kappa shape index (κ1) is 9.84. The van der Waals surface area contributed by atoms with Gasteiger partial charge in [-0.2, -0.15) is 0 Å². The summed E-state index contributed by atoms with van der Waals surface area (Å²) in [5.41, 5.74) is 0. The van der Waals surface area contributed by atoms with Crippen LogP contribution in [0.15, 0.2) is 12.7 Å². The highest BCUT2D eigenvalue weighted by atomic mass is 31.1. The second-order valence-electron chi connectivity index (χ2n) is 2.38. The van der Waals surface area contributed by atoms with Gasteiger partial charge in [0.2, 0.25) is 0 Å². The number of hydrogen-bond acceptors (Lipinski definition) is 1. The summed E-state index contributed by atoms with van der Waals surface area (Å²) >= 11 is 0. The molecule has 0 aromatic carbocycles. The van der Waals surface area contributed by atoms with Gasteiger partial charge in [-0.1, -0.05) is 25.8 Å². The number of hydrogen-bond donors (Lipinski definition) is 0. The molecule has 0 aliphatic rings. The lowest BCUT2D eigenvalue weighted by atomic mass is 10.3. The lowest BCUT2D eigenvalue weighted by Crippen LogP contribution is -1.80. The van der Waals surface area contributed by atoms with Crippen molar-refractivity contribution in [2.75, 3.05) is 12.3 Å². The van der Waals surface area contributed by atoms with Crippen molar-refractivity contribution in [3.05, 3.63) is 12.7 Å². The Morgan fingerprint density at radius 1 is 1.50 bits per heavy atom. The van der Waals surface area contributed by atoms with E-state index in [4.69, 9.17) is 0 Å². The first-order chi connectivity index (χ1) is 4.81. The molecule has 1 atom stereocenters. The summed E-state index contributed by atoms with van der Waals surface area (Å²) in [7, 11) is -0.960. The first-order valence-corrected chi connectivity index (χ1v) is 5.47. The molecule has 0 saturated carbocycles. The number of rotatable bonds is 6. The fourth-order valence-corrected chi connectivity index (χ4v) is 1.82. The number of unbranched alkanes of at least 4 members (excludes halogenated alkanes) is 2. The molecule has 0 amide bonds. The molecule has 59 valence electrons. The van der Waals surface area contributed by atoms with Crippen molar-refractivity contribution in [3.8, 4) is 0 Å². The Hall–Kier alpha value is -0.160. The maximum atomic E-state index is 11.0. The highest BCUT2D eigenvalue weighted by Crippen LogP contribution is 2.21. The first-order valence-electron chi connectivity index (χ1n) is 3.84. The van der Waals surface area contributed by atoms with Crippen molar-refractivity contribution in [3.63, 3.8) is 0 Å². The molecule has 1 unspecified atom stereocenters. The standard InChI is InChI=1S/C8H16OP/c1-3-5-6-8-10(9)7-4-2/h4H,2-3,5-8H2,1H3. The van der Waals surface area contributed by atoms with E-state index in [0.29, 0.717) is 6.16 Å². The van der Waals surface area contributed by atoms with Gasteiger partial charge in [-0.25, -0.2) is 0 Å². The molecular formula is C8H16OP. The maximum absolute atomic E-state index is 11.0. The van der Waals surface area contributed by atoms with Gasteiger partial charge in [0.05, 0.1) is 7.80 Å². The van der Waals surface area contributed by atoms with E-state index in [-0.39, 0.29) is 0 Å². The Morgan fingerprint density at radius 3 is 2.70 bits per heavy atom. The molecule has 0 bridgehead atoms. The van der Waals surface area contributed by atoms with Crippen LogP contribution in [0.4, 0.5) is 0 Å². The summed E-state index contributed by atoms with van der Waals surface area (Å²) in [4.78, 5) is 0. The van der Waals surface area contributed by atoms with Crippen molar-refractivity contribution in [2.45, 2.75) is 26.2 Å². The molecule has 0 aromatic rings. The topological polar surface area (TPSA) is 17.1 Å². The van der Waals surface area contributed by atoms with Crippen LogP contribution in [-0.2, 0) is 4.57 Å². The Labute approximate surface area is 64.3 Å². The molecular weight excluding hydrogens is 143 g/mol. The van der Waals surface area contributed by atoms with E-state index in [1.54, 1.807) is 6.08 Å². The van der Waals surface area contributed by atoms with Crippen LogP contribution < -0.4 is 0 Å². The van der Waals surface area contributed by atoms with Gasteiger partial charge in [0.15, 0.2) is 0 Å². The van der Waals surface area contributed by atoms with Crippen LogP contribution in [0.5, 0.6) is 0 Å². The average molecular weight is 159 g/mol. The molecule has 0 N–H and O–H groups in total. The van der Waals surface area contributed by atoms with E-state index in [1.165, 1.54) is 12.8 Å². The zero-order valence-electron chi connectivity index (χ0n) is 6.68. The molecule has 0 rings (SSSR count). The summed E-state index contributed by atoms with van der Waals surface area (Å²) in [6.07, 6.45) is 6.84. The molecule has 0 fully saturated rings. The minimum atomic E-state index is -0.960. The average Bonchev–Trinajstić information content (AvgIpc) is 1.89. The summed E-state index contributed by atoms with van der Waals surface area (Å²) in [6.45, 7) is 5.70. The highest BCUT2D eigenvalue weighted by Gasteiger charge is 1.95. The third-order valence-electron chi connectivity index (χ3n) is 1.34.